The summed E-state index contributed by atoms with van der Waals surface area (Å²) < 4.78 is 93.2. The average Bonchev–Trinajstić information content (AvgIpc) is 3.43. The molecule has 1 aromatic heterocycles. The summed E-state index contributed by atoms with van der Waals surface area (Å²) in [7, 11) is 3.11. The number of anilines is 1. The third-order valence-corrected chi connectivity index (χ3v) is 8.01. The van der Waals surface area contributed by atoms with Gasteiger partial charge in [0.15, 0.2) is 0 Å². The summed E-state index contributed by atoms with van der Waals surface area (Å²) in [6, 6.07) is 7.66. The smallest absolute Gasteiger partial charge is 0.416 e. The molecule has 45 heavy (non-hydrogen) atoms. The average molecular weight is 640 g/mol. The molecular weight excluding hydrogens is 600 g/mol. The van der Waals surface area contributed by atoms with E-state index in [4.69, 9.17) is 9.47 Å². The quantitative estimate of drug-likeness (QED) is 0.197. The van der Waals surface area contributed by atoms with Crippen LogP contribution in [0.4, 0.5) is 32.3 Å². The Hall–Kier alpha value is -3.61. The molecule has 13 heteroatoms. The van der Waals surface area contributed by atoms with Crippen LogP contribution >= 0.6 is 0 Å². The third kappa shape index (κ3) is 8.56. The van der Waals surface area contributed by atoms with Crippen LogP contribution in [0.25, 0.3) is 5.57 Å². The van der Waals surface area contributed by atoms with Crippen LogP contribution in [0.1, 0.15) is 80.7 Å². The lowest BCUT2D eigenvalue weighted by atomic mass is 9.72. The van der Waals surface area contributed by atoms with Crippen molar-refractivity contribution >= 4 is 11.5 Å². The molecule has 3 aromatic rings. The maximum Gasteiger partial charge on any atom is 0.416 e. The van der Waals surface area contributed by atoms with Crippen LogP contribution in [0.5, 0.6) is 5.75 Å². The molecule has 0 saturated carbocycles. The van der Waals surface area contributed by atoms with Crippen LogP contribution < -0.4 is 9.64 Å². The van der Waals surface area contributed by atoms with Crippen LogP contribution in [-0.2, 0) is 30.2 Å². The maximum absolute atomic E-state index is 13.7. The summed E-state index contributed by atoms with van der Waals surface area (Å²) in [5.74, 6) is 1.02. The van der Waals surface area contributed by atoms with Gasteiger partial charge in [-0.15, -0.1) is 5.10 Å². The van der Waals surface area contributed by atoms with Crippen molar-refractivity contribution in [1.29, 1.82) is 0 Å². The number of methoxy groups -OCH3 is 2. The van der Waals surface area contributed by atoms with E-state index in [-0.39, 0.29) is 55.2 Å². The predicted octanol–water partition coefficient (Wildman–Crippen LogP) is 8.16. The molecule has 0 radical (unpaired) electrons. The second-order valence-electron chi connectivity index (χ2n) is 12.5. The number of tetrazole rings is 1. The van der Waals surface area contributed by atoms with Gasteiger partial charge in [-0.1, -0.05) is 38.9 Å². The number of allylic oxidation sites excluding steroid dienone is 1. The lowest BCUT2D eigenvalue weighted by Crippen LogP contribution is -2.31. The molecule has 0 amide bonds. The topological polar surface area (TPSA) is 65.3 Å². The highest BCUT2D eigenvalue weighted by molar-refractivity contribution is 5.75. The van der Waals surface area contributed by atoms with E-state index >= 15 is 0 Å². The molecule has 0 N–H and O–H groups in total. The van der Waals surface area contributed by atoms with Crippen molar-refractivity contribution in [2.45, 2.75) is 78.3 Å². The van der Waals surface area contributed by atoms with E-state index in [0.29, 0.717) is 18.6 Å². The molecule has 4 rings (SSSR count). The van der Waals surface area contributed by atoms with Crippen LogP contribution in [0.3, 0.4) is 0 Å². The van der Waals surface area contributed by atoms with Crippen molar-refractivity contribution in [2.75, 3.05) is 32.3 Å². The van der Waals surface area contributed by atoms with E-state index in [1.165, 1.54) is 11.9 Å². The SMILES string of the molecule is COCCn1nnc(N(CC2=C(c3cc(C(C)C)ccc3OC)CCC(C)(C)C2)Cc2cc(C(F)(F)F)cc(C(F)(F)F)c2)n1. The summed E-state index contributed by atoms with van der Waals surface area (Å²) >= 11 is 0. The van der Waals surface area contributed by atoms with Gasteiger partial charge in [-0.25, -0.2) is 0 Å². The van der Waals surface area contributed by atoms with Gasteiger partial charge in [0.2, 0.25) is 0 Å². The molecule has 7 nitrogen and oxygen atoms in total. The molecule has 1 aliphatic carbocycles. The van der Waals surface area contributed by atoms with E-state index in [2.05, 4.69) is 49.2 Å². The number of nitrogens with zero attached hydrogens (tertiary/aromatic N) is 5. The summed E-state index contributed by atoms with van der Waals surface area (Å²) in [5.41, 5.74) is 1.01. The Labute approximate surface area is 259 Å². The van der Waals surface area contributed by atoms with Crippen LogP contribution in [-0.4, -0.2) is 47.6 Å². The van der Waals surface area contributed by atoms with Gasteiger partial charge in [0, 0.05) is 25.8 Å². The van der Waals surface area contributed by atoms with Crippen molar-refractivity contribution in [2.24, 2.45) is 5.41 Å². The van der Waals surface area contributed by atoms with Crippen molar-refractivity contribution < 1.29 is 35.8 Å². The molecule has 0 unspecified atom stereocenters. The van der Waals surface area contributed by atoms with Gasteiger partial charge in [0.1, 0.15) is 5.75 Å². The first-order chi connectivity index (χ1) is 21.0. The number of aromatic nitrogens is 4. The first-order valence-electron chi connectivity index (χ1n) is 14.7. The second-order valence-corrected chi connectivity index (χ2v) is 12.5. The van der Waals surface area contributed by atoms with Gasteiger partial charge in [-0.2, -0.15) is 31.1 Å². The standard InChI is InChI=1S/C32H39F6N5O2/c1-20(2)22-7-8-28(45-6)27(15-22)26-9-10-30(3,4)17-23(26)19-42(29-39-41-43(40-29)11-12-44-5)18-21-13-24(31(33,34)35)16-25(14-21)32(36,37)38/h7-8,13-16,20H,9-12,17-19H2,1-6H3. The van der Waals surface area contributed by atoms with Crippen LogP contribution in [0, 0.1) is 5.41 Å². The van der Waals surface area contributed by atoms with Crippen molar-refractivity contribution in [3.63, 3.8) is 0 Å². The van der Waals surface area contributed by atoms with E-state index in [9.17, 15) is 26.3 Å². The van der Waals surface area contributed by atoms with Crippen molar-refractivity contribution in [1.82, 2.24) is 20.2 Å². The lowest BCUT2D eigenvalue weighted by Gasteiger charge is -2.36. The molecule has 1 heterocycles. The van der Waals surface area contributed by atoms with Crippen molar-refractivity contribution in [3.05, 3.63) is 69.8 Å². The molecule has 0 fully saturated rings. The summed E-state index contributed by atoms with van der Waals surface area (Å²) in [4.78, 5) is 2.87. The zero-order valence-electron chi connectivity index (χ0n) is 26.3. The number of ether oxygens (including phenoxy) is 2. The Morgan fingerprint density at radius 1 is 0.956 bits per heavy atom. The molecule has 0 spiro atoms. The first-order valence-corrected chi connectivity index (χ1v) is 14.7. The first kappa shape index (κ1) is 34.3. The molecular formula is C32H39F6N5O2. The fraction of sp³-hybridized carbons (Fsp3) is 0.531. The highest BCUT2D eigenvalue weighted by Gasteiger charge is 2.37. The minimum absolute atomic E-state index is 0.0789. The molecule has 0 bridgehead atoms. The predicted molar refractivity (Wildman–Crippen MR) is 159 cm³/mol. The van der Waals surface area contributed by atoms with Crippen molar-refractivity contribution in [3.8, 4) is 5.75 Å². The van der Waals surface area contributed by atoms with Gasteiger partial charge in [-0.3, -0.25) is 0 Å². The van der Waals surface area contributed by atoms with Crippen LogP contribution in [0.15, 0.2) is 42.0 Å². The molecule has 1 aliphatic rings. The molecule has 0 saturated heterocycles. The molecule has 0 aliphatic heterocycles. The number of alkyl halides is 6. The minimum atomic E-state index is -4.97. The Morgan fingerprint density at radius 3 is 2.20 bits per heavy atom. The monoisotopic (exact) mass is 639 g/mol. The zero-order valence-corrected chi connectivity index (χ0v) is 26.3. The summed E-state index contributed by atoms with van der Waals surface area (Å²) in [6.07, 6.45) is -7.70. The minimum Gasteiger partial charge on any atom is -0.496 e. The summed E-state index contributed by atoms with van der Waals surface area (Å²) in [6.45, 7) is 8.85. The largest absolute Gasteiger partial charge is 0.496 e. The van der Waals surface area contributed by atoms with Gasteiger partial charge >= 0.3 is 12.4 Å². The Bertz CT molecular complexity index is 1480. The van der Waals surface area contributed by atoms with E-state index in [1.54, 1.807) is 12.0 Å². The number of rotatable bonds is 11. The summed E-state index contributed by atoms with van der Waals surface area (Å²) in [5, 5.41) is 12.6. The molecule has 2 aromatic carbocycles. The fourth-order valence-electron chi connectivity index (χ4n) is 5.60. The number of hydrogen-bond acceptors (Lipinski definition) is 6. The lowest BCUT2D eigenvalue weighted by molar-refractivity contribution is -0.143. The van der Waals surface area contributed by atoms with Gasteiger partial charge in [0.25, 0.3) is 5.95 Å². The Kier molecular flexibility index (Phi) is 10.2. The highest BCUT2D eigenvalue weighted by Crippen LogP contribution is 2.45. The number of hydrogen-bond donors (Lipinski definition) is 0. The van der Waals surface area contributed by atoms with E-state index in [0.717, 1.165) is 40.8 Å². The highest BCUT2D eigenvalue weighted by atomic mass is 19.4. The normalized spacial score (nSPS) is 15.6. The third-order valence-electron chi connectivity index (χ3n) is 8.01. The van der Waals surface area contributed by atoms with E-state index in [1.807, 2.05) is 12.1 Å². The molecule has 246 valence electrons. The molecule has 0 atom stereocenters. The fourth-order valence-corrected chi connectivity index (χ4v) is 5.60. The Morgan fingerprint density at radius 2 is 1.62 bits per heavy atom. The number of benzene rings is 2. The Balaban J connectivity index is 1.86. The number of halogens is 6. The maximum atomic E-state index is 13.7. The van der Waals surface area contributed by atoms with Gasteiger partial charge in [-0.05, 0) is 88.4 Å². The second kappa shape index (κ2) is 13.4. The van der Waals surface area contributed by atoms with Gasteiger partial charge < -0.3 is 14.4 Å². The van der Waals surface area contributed by atoms with E-state index < -0.39 is 23.5 Å². The zero-order chi connectivity index (χ0) is 33.2. The van der Waals surface area contributed by atoms with Gasteiger partial charge in [0.05, 0.1) is 31.4 Å². The van der Waals surface area contributed by atoms with Crippen LogP contribution in [0.2, 0.25) is 0 Å².